The van der Waals surface area contributed by atoms with Crippen molar-refractivity contribution in [3.8, 4) is 5.75 Å². The SMILES string of the molecule is NC(=O)c1ncc(N2CC(F)(F)C2)cc1OCC1CC1. The predicted molar refractivity (Wildman–Crippen MR) is 68.1 cm³/mol. The summed E-state index contributed by atoms with van der Waals surface area (Å²) in [5.74, 6) is -2.56. The third-order valence-corrected chi connectivity index (χ3v) is 3.45. The van der Waals surface area contributed by atoms with Gasteiger partial charge in [0, 0.05) is 6.07 Å². The van der Waals surface area contributed by atoms with Crippen molar-refractivity contribution in [2.75, 3.05) is 24.6 Å². The standard InChI is InChI=1S/C13H15F2N3O2/c14-13(15)6-18(7-13)9-3-10(20-5-8-1-2-8)11(12(16)19)17-4-9/h3-4,8H,1-2,5-7H2,(H2,16,19). The molecule has 0 aromatic carbocycles. The number of primary amides is 1. The zero-order chi connectivity index (χ0) is 14.3. The highest BCUT2D eigenvalue weighted by Crippen LogP contribution is 2.35. The van der Waals surface area contributed by atoms with E-state index in [2.05, 4.69) is 4.98 Å². The van der Waals surface area contributed by atoms with E-state index in [0.717, 1.165) is 12.8 Å². The maximum absolute atomic E-state index is 12.9. The van der Waals surface area contributed by atoms with Gasteiger partial charge in [-0.15, -0.1) is 0 Å². The van der Waals surface area contributed by atoms with E-state index in [9.17, 15) is 13.6 Å². The molecule has 0 unspecified atom stereocenters. The Morgan fingerprint density at radius 1 is 1.50 bits per heavy atom. The van der Waals surface area contributed by atoms with Crippen molar-refractivity contribution in [1.82, 2.24) is 4.98 Å². The summed E-state index contributed by atoms with van der Waals surface area (Å²) in [7, 11) is 0. The number of hydrogen-bond acceptors (Lipinski definition) is 4. The summed E-state index contributed by atoms with van der Waals surface area (Å²) < 4.78 is 31.3. The van der Waals surface area contributed by atoms with E-state index in [-0.39, 0.29) is 24.5 Å². The van der Waals surface area contributed by atoms with Crippen LogP contribution in [0.25, 0.3) is 0 Å². The Balaban J connectivity index is 1.78. The monoisotopic (exact) mass is 283 g/mol. The van der Waals surface area contributed by atoms with Crippen molar-refractivity contribution in [2.24, 2.45) is 11.7 Å². The zero-order valence-corrected chi connectivity index (χ0v) is 10.8. The topological polar surface area (TPSA) is 68.5 Å². The molecular weight excluding hydrogens is 268 g/mol. The summed E-state index contributed by atoms with van der Waals surface area (Å²) in [5, 5.41) is 0. The molecule has 1 aliphatic heterocycles. The van der Waals surface area contributed by atoms with E-state index in [4.69, 9.17) is 10.5 Å². The largest absolute Gasteiger partial charge is 0.491 e. The summed E-state index contributed by atoms with van der Waals surface area (Å²) in [6.07, 6.45) is 3.59. The average molecular weight is 283 g/mol. The maximum atomic E-state index is 12.9. The van der Waals surface area contributed by atoms with Crippen molar-refractivity contribution < 1.29 is 18.3 Å². The fraction of sp³-hybridized carbons (Fsp3) is 0.538. The van der Waals surface area contributed by atoms with E-state index < -0.39 is 11.8 Å². The lowest BCUT2D eigenvalue weighted by molar-refractivity contribution is -0.0263. The van der Waals surface area contributed by atoms with Gasteiger partial charge in [-0.1, -0.05) is 0 Å². The number of nitrogens with two attached hydrogens (primary N) is 1. The van der Waals surface area contributed by atoms with Gasteiger partial charge in [0.25, 0.3) is 11.8 Å². The minimum atomic E-state index is -2.66. The molecule has 0 bridgehead atoms. The first-order valence-electron chi connectivity index (χ1n) is 6.50. The second-order valence-electron chi connectivity index (χ2n) is 5.37. The van der Waals surface area contributed by atoms with Crippen LogP contribution in [0.4, 0.5) is 14.5 Å². The minimum Gasteiger partial charge on any atom is -0.491 e. The molecule has 20 heavy (non-hydrogen) atoms. The highest BCUT2D eigenvalue weighted by atomic mass is 19.3. The number of anilines is 1. The van der Waals surface area contributed by atoms with Crippen molar-refractivity contribution in [3.05, 3.63) is 18.0 Å². The molecule has 1 aliphatic carbocycles. The molecule has 108 valence electrons. The van der Waals surface area contributed by atoms with Crippen LogP contribution in [0.15, 0.2) is 12.3 Å². The quantitative estimate of drug-likeness (QED) is 0.887. The minimum absolute atomic E-state index is 0.0432. The number of nitrogens with zero attached hydrogens (tertiary/aromatic N) is 2. The van der Waals surface area contributed by atoms with E-state index in [1.54, 1.807) is 6.07 Å². The summed E-state index contributed by atoms with van der Waals surface area (Å²) in [4.78, 5) is 16.7. The number of amides is 1. The van der Waals surface area contributed by atoms with Crippen molar-refractivity contribution in [2.45, 2.75) is 18.8 Å². The van der Waals surface area contributed by atoms with Gasteiger partial charge >= 0.3 is 0 Å². The van der Waals surface area contributed by atoms with Crippen LogP contribution in [0.2, 0.25) is 0 Å². The van der Waals surface area contributed by atoms with Crippen molar-refractivity contribution in [3.63, 3.8) is 0 Å². The normalized spacial score (nSPS) is 20.4. The third-order valence-electron chi connectivity index (χ3n) is 3.45. The fourth-order valence-corrected chi connectivity index (χ4v) is 2.09. The Bertz CT molecular complexity index is 538. The highest BCUT2D eigenvalue weighted by Gasteiger charge is 2.44. The van der Waals surface area contributed by atoms with Crippen molar-refractivity contribution in [1.29, 1.82) is 0 Å². The number of ether oxygens (including phenoxy) is 1. The molecule has 1 saturated heterocycles. The molecule has 1 amide bonds. The Kier molecular flexibility index (Phi) is 2.99. The number of rotatable bonds is 5. The highest BCUT2D eigenvalue weighted by molar-refractivity contribution is 5.94. The Morgan fingerprint density at radius 2 is 2.20 bits per heavy atom. The second kappa shape index (κ2) is 4.57. The van der Waals surface area contributed by atoms with Gasteiger partial charge < -0.3 is 15.4 Å². The first-order valence-corrected chi connectivity index (χ1v) is 6.50. The average Bonchev–Trinajstić information content (AvgIpc) is 3.16. The summed E-state index contributed by atoms with van der Waals surface area (Å²) in [5.41, 5.74) is 5.80. The maximum Gasteiger partial charge on any atom is 0.282 e. The lowest BCUT2D eigenvalue weighted by Crippen LogP contribution is -2.56. The molecule has 5 nitrogen and oxygen atoms in total. The van der Waals surface area contributed by atoms with Crippen LogP contribution in [0.3, 0.4) is 0 Å². The first kappa shape index (κ1) is 13.1. The van der Waals surface area contributed by atoms with Gasteiger partial charge in [-0.25, -0.2) is 13.8 Å². The molecule has 1 aromatic heterocycles. The van der Waals surface area contributed by atoms with Gasteiger partial charge in [-0.3, -0.25) is 4.79 Å². The molecule has 2 fully saturated rings. The number of carbonyl (C=O) groups excluding carboxylic acids is 1. The second-order valence-corrected chi connectivity index (χ2v) is 5.37. The Morgan fingerprint density at radius 3 is 2.75 bits per heavy atom. The summed E-state index contributed by atoms with van der Waals surface area (Å²) in [6, 6.07) is 1.56. The lowest BCUT2D eigenvalue weighted by Gasteiger charge is -2.40. The van der Waals surface area contributed by atoms with Gasteiger partial charge in [0.1, 0.15) is 0 Å². The van der Waals surface area contributed by atoms with Gasteiger partial charge in [0.2, 0.25) is 0 Å². The van der Waals surface area contributed by atoms with Gasteiger partial charge in [-0.2, -0.15) is 0 Å². The van der Waals surface area contributed by atoms with Crippen LogP contribution in [0.1, 0.15) is 23.3 Å². The molecule has 7 heteroatoms. The van der Waals surface area contributed by atoms with E-state index >= 15 is 0 Å². The zero-order valence-electron chi connectivity index (χ0n) is 10.8. The summed E-state index contributed by atoms with van der Waals surface area (Å²) in [6.45, 7) is -0.180. The number of alkyl halides is 2. The molecule has 1 saturated carbocycles. The molecule has 1 aromatic rings. The summed E-state index contributed by atoms with van der Waals surface area (Å²) >= 11 is 0. The van der Waals surface area contributed by atoms with Crippen LogP contribution in [-0.2, 0) is 0 Å². The van der Waals surface area contributed by atoms with Crippen LogP contribution < -0.4 is 15.4 Å². The molecule has 0 radical (unpaired) electrons. The Hall–Kier alpha value is -1.92. The number of aromatic nitrogens is 1. The van der Waals surface area contributed by atoms with E-state index in [1.165, 1.54) is 11.1 Å². The van der Waals surface area contributed by atoms with Crippen LogP contribution in [0.5, 0.6) is 5.75 Å². The van der Waals surface area contributed by atoms with Crippen LogP contribution in [-0.4, -0.2) is 36.5 Å². The Labute approximate surface area is 114 Å². The lowest BCUT2D eigenvalue weighted by atomic mass is 10.1. The molecule has 2 heterocycles. The molecule has 2 aliphatic rings. The fourth-order valence-electron chi connectivity index (χ4n) is 2.09. The number of hydrogen-bond donors (Lipinski definition) is 1. The van der Waals surface area contributed by atoms with Gasteiger partial charge in [-0.05, 0) is 18.8 Å². The molecule has 2 N–H and O–H groups in total. The third kappa shape index (κ3) is 2.66. The van der Waals surface area contributed by atoms with Gasteiger partial charge in [0.05, 0.1) is 31.6 Å². The molecule has 0 spiro atoms. The molecule has 3 rings (SSSR count). The number of halogens is 2. The van der Waals surface area contributed by atoms with E-state index in [0.29, 0.717) is 18.2 Å². The molecule has 0 atom stereocenters. The smallest absolute Gasteiger partial charge is 0.282 e. The van der Waals surface area contributed by atoms with Crippen molar-refractivity contribution >= 4 is 11.6 Å². The number of carbonyl (C=O) groups is 1. The van der Waals surface area contributed by atoms with E-state index in [1.807, 2.05) is 0 Å². The predicted octanol–water partition coefficient (Wildman–Crippen LogP) is 1.42. The molecular formula is C13H15F2N3O2. The number of pyridine rings is 1. The van der Waals surface area contributed by atoms with Gasteiger partial charge in [0.15, 0.2) is 11.4 Å². The first-order chi connectivity index (χ1) is 9.44. The van der Waals surface area contributed by atoms with Crippen LogP contribution in [0, 0.1) is 5.92 Å². The van der Waals surface area contributed by atoms with Crippen LogP contribution >= 0.6 is 0 Å².